The second-order valence-electron chi connectivity index (χ2n) is 8.65. The molecular formula is C27H21F2N3O5. The lowest BCUT2D eigenvalue weighted by molar-refractivity contribution is -0.131. The molecule has 37 heavy (non-hydrogen) atoms. The number of aromatic nitrogens is 1. The number of halogens is 2. The number of nitrogens with one attached hydrogen (secondary N) is 3. The van der Waals surface area contributed by atoms with E-state index in [0.717, 1.165) is 6.07 Å². The third kappa shape index (κ3) is 4.86. The Kier molecular flexibility index (Phi) is 6.08. The Morgan fingerprint density at radius 1 is 0.865 bits per heavy atom. The fraction of sp³-hybridized carbons (Fsp3) is 0.148. The first-order valence-corrected chi connectivity index (χ1v) is 11.3. The number of methoxy groups -OCH3 is 1. The quantitative estimate of drug-likeness (QED) is 0.308. The molecule has 0 aliphatic heterocycles. The third-order valence-electron chi connectivity index (χ3n) is 6.14. The average Bonchev–Trinajstić information content (AvgIpc) is 3.69. The molecule has 1 saturated carbocycles. The Morgan fingerprint density at radius 3 is 2.19 bits per heavy atom. The van der Waals surface area contributed by atoms with Crippen molar-refractivity contribution in [3.8, 4) is 17.2 Å². The monoisotopic (exact) mass is 505 g/mol. The van der Waals surface area contributed by atoms with Crippen LogP contribution in [0.4, 0.5) is 20.2 Å². The lowest BCUT2D eigenvalue weighted by Gasteiger charge is -2.16. The fourth-order valence-corrected chi connectivity index (χ4v) is 3.91. The first-order valence-electron chi connectivity index (χ1n) is 11.3. The number of hydrogen-bond donors (Lipinski definition) is 3. The first-order chi connectivity index (χ1) is 17.8. The van der Waals surface area contributed by atoms with Crippen LogP contribution >= 0.6 is 0 Å². The van der Waals surface area contributed by atoms with E-state index >= 15 is 0 Å². The Morgan fingerprint density at radius 2 is 1.54 bits per heavy atom. The standard InChI is InChI=1S/C27H21F2N3O5/c1-36-18-7-8-21-19(13-18)23(14-24(33)32-21)37-22-9-6-17(12-20(22)29)31-26(35)27(10-11-27)25(34)30-16-4-2-15(28)3-5-16/h2-9,12-14H,10-11H2,1H3,(H,30,34)(H,31,35)(H,32,33). The summed E-state index contributed by atoms with van der Waals surface area (Å²) in [5.41, 5.74) is -0.730. The second-order valence-corrected chi connectivity index (χ2v) is 8.65. The molecule has 5 rings (SSSR count). The minimum Gasteiger partial charge on any atom is -0.497 e. The molecule has 8 nitrogen and oxygen atoms in total. The molecule has 2 amide bonds. The van der Waals surface area contributed by atoms with Gasteiger partial charge < -0.3 is 25.1 Å². The van der Waals surface area contributed by atoms with Gasteiger partial charge >= 0.3 is 0 Å². The van der Waals surface area contributed by atoms with E-state index in [9.17, 15) is 23.2 Å². The lowest BCUT2D eigenvalue weighted by Crippen LogP contribution is -2.35. The molecule has 10 heteroatoms. The summed E-state index contributed by atoms with van der Waals surface area (Å²) in [4.78, 5) is 40.3. The fourth-order valence-electron chi connectivity index (χ4n) is 3.91. The molecule has 1 aliphatic rings. The van der Waals surface area contributed by atoms with Crippen molar-refractivity contribution in [3.63, 3.8) is 0 Å². The van der Waals surface area contributed by atoms with E-state index in [1.807, 2.05) is 0 Å². The Balaban J connectivity index is 1.32. The summed E-state index contributed by atoms with van der Waals surface area (Å²) in [6, 6.07) is 15.2. The van der Waals surface area contributed by atoms with E-state index in [-0.39, 0.29) is 17.2 Å². The van der Waals surface area contributed by atoms with Crippen molar-refractivity contribution in [3.05, 3.63) is 88.7 Å². The van der Waals surface area contributed by atoms with Gasteiger partial charge in [-0.15, -0.1) is 0 Å². The number of benzene rings is 3. The van der Waals surface area contributed by atoms with E-state index in [4.69, 9.17) is 9.47 Å². The van der Waals surface area contributed by atoms with Gasteiger partial charge in [-0.05, 0) is 67.4 Å². The number of ether oxygens (including phenoxy) is 2. The topological polar surface area (TPSA) is 110 Å². The van der Waals surface area contributed by atoms with E-state index in [2.05, 4.69) is 15.6 Å². The maximum atomic E-state index is 14.9. The molecule has 1 fully saturated rings. The van der Waals surface area contributed by atoms with Gasteiger partial charge in [0.1, 0.15) is 22.7 Å². The van der Waals surface area contributed by atoms with Gasteiger partial charge in [0.05, 0.1) is 12.6 Å². The van der Waals surface area contributed by atoms with E-state index in [0.29, 0.717) is 35.2 Å². The minimum absolute atomic E-state index is 0.128. The van der Waals surface area contributed by atoms with Crippen LogP contribution in [0.3, 0.4) is 0 Å². The molecule has 1 aromatic heterocycles. The summed E-state index contributed by atoms with van der Waals surface area (Å²) in [5.74, 6) is -1.83. The molecule has 0 unspecified atom stereocenters. The molecule has 0 bridgehead atoms. The predicted molar refractivity (Wildman–Crippen MR) is 133 cm³/mol. The lowest BCUT2D eigenvalue weighted by atomic mass is 10.0. The Labute approximate surface area is 209 Å². The van der Waals surface area contributed by atoms with E-state index in [1.54, 1.807) is 18.2 Å². The zero-order valence-electron chi connectivity index (χ0n) is 19.6. The number of hydrogen-bond acceptors (Lipinski definition) is 5. The van der Waals surface area contributed by atoms with Gasteiger partial charge in [-0.1, -0.05) is 0 Å². The zero-order chi connectivity index (χ0) is 26.2. The summed E-state index contributed by atoms with van der Waals surface area (Å²) < 4.78 is 38.9. The van der Waals surface area contributed by atoms with E-state index < -0.39 is 34.4 Å². The van der Waals surface area contributed by atoms with E-state index in [1.165, 1.54) is 49.6 Å². The molecule has 1 aliphatic carbocycles. The van der Waals surface area contributed by atoms with Gasteiger partial charge in [-0.2, -0.15) is 0 Å². The van der Waals surface area contributed by atoms with Crippen LogP contribution in [0.15, 0.2) is 71.5 Å². The molecule has 4 aromatic rings. The normalized spacial score (nSPS) is 13.6. The number of aromatic amines is 1. The van der Waals surface area contributed by atoms with Crippen LogP contribution in [-0.4, -0.2) is 23.9 Å². The molecule has 3 N–H and O–H groups in total. The molecule has 0 radical (unpaired) electrons. The molecule has 188 valence electrons. The number of carbonyl (C=O) groups excluding carboxylic acids is 2. The van der Waals surface area contributed by atoms with Gasteiger partial charge in [0, 0.05) is 28.9 Å². The van der Waals surface area contributed by atoms with Crippen molar-refractivity contribution >= 4 is 34.1 Å². The number of H-pyrrole nitrogens is 1. The first kappa shape index (κ1) is 24.0. The van der Waals surface area contributed by atoms with Crippen LogP contribution < -0.4 is 25.7 Å². The predicted octanol–water partition coefficient (Wildman–Crippen LogP) is 4.96. The summed E-state index contributed by atoms with van der Waals surface area (Å²) in [6.07, 6.45) is 0.656. The maximum Gasteiger partial charge on any atom is 0.252 e. The number of anilines is 2. The van der Waals surface area contributed by atoms with Gasteiger partial charge in [-0.3, -0.25) is 14.4 Å². The molecular weight excluding hydrogens is 484 g/mol. The van der Waals surface area contributed by atoms with Crippen LogP contribution in [-0.2, 0) is 9.59 Å². The highest BCUT2D eigenvalue weighted by molar-refractivity contribution is 6.16. The second kappa shape index (κ2) is 9.38. The summed E-state index contributed by atoms with van der Waals surface area (Å²) in [5, 5.41) is 5.71. The van der Waals surface area contributed by atoms with Gasteiger partial charge in [0.25, 0.3) is 5.56 Å². The van der Waals surface area contributed by atoms with Crippen molar-refractivity contribution in [1.29, 1.82) is 0 Å². The van der Waals surface area contributed by atoms with Crippen molar-refractivity contribution < 1.29 is 27.8 Å². The van der Waals surface area contributed by atoms with Crippen molar-refractivity contribution in [1.82, 2.24) is 4.98 Å². The van der Waals surface area contributed by atoms with Crippen molar-refractivity contribution in [2.75, 3.05) is 17.7 Å². The van der Waals surface area contributed by atoms with Gasteiger partial charge in [-0.25, -0.2) is 8.78 Å². The summed E-state index contributed by atoms with van der Waals surface area (Å²) in [7, 11) is 1.50. The van der Waals surface area contributed by atoms with Crippen LogP contribution in [0.2, 0.25) is 0 Å². The molecule has 0 atom stereocenters. The SMILES string of the molecule is COc1ccc2[nH]c(=O)cc(Oc3ccc(NC(=O)C4(C(=O)Nc5ccc(F)cc5)CC4)cc3F)c2c1. The van der Waals surface area contributed by atoms with Crippen LogP contribution in [0, 0.1) is 17.0 Å². The minimum atomic E-state index is -1.29. The largest absolute Gasteiger partial charge is 0.497 e. The van der Waals surface area contributed by atoms with Gasteiger partial charge in [0.15, 0.2) is 11.6 Å². The molecule has 0 spiro atoms. The maximum absolute atomic E-state index is 14.9. The van der Waals surface area contributed by atoms with Crippen molar-refractivity contribution in [2.24, 2.45) is 5.41 Å². The number of amides is 2. The molecule has 1 heterocycles. The smallest absolute Gasteiger partial charge is 0.252 e. The highest BCUT2D eigenvalue weighted by Gasteiger charge is 2.56. The molecule has 0 saturated heterocycles. The third-order valence-corrected chi connectivity index (χ3v) is 6.14. The highest BCUT2D eigenvalue weighted by Crippen LogP contribution is 2.47. The van der Waals surface area contributed by atoms with Crippen LogP contribution in [0.25, 0.3) is 10.9 Å². The van der Waals surface area contributed by atoms with Crippen molar-refractivity contribution in [2.45, 2.75) is 12.8 Å². The number of carbonyl (C=O) groups is 2. The number of fused-ring (bicyclic) bond motifs is 1. The van der Waals surface area contributed by atoms with Crippen LogP contribution in [0.1, 0.15) is 12.8 Å². The summed E-state index contributed by atoms with van der Waals surface area (Å²) >= 11 is 0. The highest BCUT2D eigenvalue weighted by atomic mass is 19.1. The summed E-state index contributed by atoms with van der Waals surface area (Å²) in [6.45, 7) is 0. The average molecular weight is 505 g/mol. The zero-order valence-corrected chi connectivity index (χ0v) is 19.6. The number of pyridine rings is 1. The Bertz CT molecular complexity index is 1580. The Hall–Kier alpha value is -4.73. The molecule has 3 aromatic carbocycles. The van der Waals surface area contributed by atoms with Gasteiger partial charge in [0.2, 0.25) is 11.8 Å². The number of rotatable bonds is 7. The van der Waals surface area contributed by atoms with Crippen LogP contribution in [0.5, 0.6) is 17.2 Å².